The van der Waals surface area contributed by atoms with Gasteiger partial charge in [-0.15, -0.1) is 0 Å². The lowest BCUT2D eigenvalue weighted by atomic mass is 10.2. The molecule has 0 aromatic heterocycles. The van der Waals surface area contributed by atoms with E-state index >= 15 is 0 Å². The fourth-order valence-corrected chi connectivity index (χ4v) is 3.02. The summed E-state index contributed by atoms with van der Waals surface area (Å²) in [5.74, 6) is 2.03. The number of ether oxygens (including phenoxy) is 2. The van der Waals surface area contributed by atoms with E-state index in [1.54, 1.807) is 18.9 Å². The van der Waals surface area contributed by atoms with Gasteiger partial charge < -0.3 is 19.6 Å². The highest BCUT2D eigenvalue weighted by Gasteiger charge is 2.12. The number of alkyl carbamates (subject to hydrolysis) is 1. The van der Waals surface area contributed by atoms with Crippen molar-refractivity contribution < 1.29 is 19.1 Å². The van der Waals surface area contributed by atoms with Gasteiger partial charge in [0.1, 0.15) is 18.6 Å². The highest BCUT2D eigenvalue weighted by molar-refractivity contribution is 7.98. The quantitative estimate of drug-likeness (QED) is 0.695. The summed E-state index contributed by atoms with van der Waals surface area (Å²) in [6.45, 7) is 0.178. The lowest BCUT2D eigenvalue weighted by Gasteiger charge is -2.13. The van der Waals surface area contributed by atoms with E-state index in [2.05, 4.69) is 5.32 Å². The minimum absolute atomic E-state index is 0.178. The third-order valence-corrected chi connectivity index (χ3v) is 4.54. The van der Waals surface area contributed by atoms with Gasteiger partial charge in [0.15, 0.2) is 0 Å². The molecule has 0 bridgehead atoms. The summed E-state index contributed by atoms with van der Waals surface area (Å²) >= 11 is 1.57. The number of carbonyl (C=O) groups excluding carboxylic acids is 2. The Kier molecular flexibility index (Phi) is 7.85. The van der Waals surface area contributed by atoms with Crippen LogP contribution in [0, 0.1) is 0 Å². The smallest absolute Gasteiger partial charge is 0.408 e. The number of rotatable bonds is 9. The molecule has 0 radical (unpaired) electrons. The zero-order valence-corrected chi connectivity index (χ0v) is 14.8. The Morgan fingerprint density at radius 1 is 1.12 bits per heavy atom. The standard InChI is InChI=1S/C19H21NO4S/c1-23-18-9-7-16(8-10-18)13-25-14-17(11-21)20-19(22)24-12-15-5-3-2-4-6-15/h2-11,17H,12-14H2,1H3,(H,20,22)/t17-/m1/s1. The molecule has 2 aromatic carbocycles. The Bertz CT molecular complexity index is 661. The molecule has 0 aliphatic heterocycles. The van der Waals surface area contributed by atoms with E-state index in [1.165, 1.54) is 0 Å². The van der Waals surface area contributed by atoms with Gasteiger partial charge >= 0.3 is 6.09 Å². The minimum Gasteiger partial charge on any atom is -0.497 e. The van der Waals surface area contributed by atoms with Gasteiger partial charge in [-0.3, -0.25) is 0 Å². The summed E-state index contributed by atoms with van der Waals surface area (Å²) in [4.78, 5) is 22.9. The molecule has 1 N–H and O–H groups in total. The summed E-state index contributed by atoms with van der Waals surface area (Å²) in [6, 6.07) is 16.6. The Balaban J connectivity index is 1.70. The SMILES string of the molecule is COc1ccc(CSC[C@@H](C=O)NC(=O)OCc2ccccc2)cc1. The molecule has 5 nitrogen and oxygen atoms in total. The van der Waals surface area contributed by atoms with E-state index < -0.39 is 12.1 Å². The number of hydrogen-bond donors (Lipinski definition) is 1. The van der Waals surface area contributed by atoms with Crippen LogP contribution in [0.15, 0.2) is 54.6 Å². The molecular formula is C19H21NO4S. The third kappa shape index (κ3) is 6.89. The number of benzene rings is 2. The molecule has 6 heteroatoms. The van der Waals surface area contributed by atoms with E-state index in [-0.39, 0.29) is 6.61 Å². The van der Waals surface area contributed by atoms with Crippen molar-refractivity contribution in [2.45, 2.75) is 18.4 Å². The first kappa shape index (κ1) is 18.9. The average Bonchev–Trinajstić information content (AvgIpc) is 2.67. The van der Waals surface area contributed by atoms with Crippen molar-refractivity contribution in [2.75, 3.05) is 12.9 Å². The molecule has 1 amide bonds. The van der Waals surface area contributed by atoms with Crippen LogP contribution in [0.1, 0.15) is 11.1 Å². The highest BCUT2D eigenvalue weighted by atomic mass is 32.2. The Hall–Kier alpha value is -2.47. The van der Waals surface area contributed by atoms with E-state index in [4.69, 9.17) is 9.47 Å². The van der Waals surface area contributed by atoms with Crippen molar-refractivity contribution in [2.24, 2.45) is 0 Å². The van der Waals surface area contributed by atoms with E-state index in [0.717, 1.165) is 28.9 Å². The molecule has 0 fully saturated rings. The molecule has 0 unspecified atom stereocenters. The van der Waals surface area contributed by atoms with Crippen molar-refractivity contribution >= 4 is 24.1 Å². The van der Waals surface area contributed by atoms with Gasteiger partial charge in [-0.2, -0.15) is 11.8 Å². The minimum atomic E-state index is -0.592. The second kappa shape index (κ2) is 10.4. The summed E-state index contributed by atoms with van der Waals surface area (Å²) in [6.07, 6.45) is 0.135. The molecule has 132 valence electrons. The molecule has 0 heterocycles. The van der Waals surface area contributed by atoms with E-state index in [1.807, 2.05) is 54.6 Å². The fourth-order valence-electron chi connectivity index (χ4n) is 2.06. The molecule has 1 atom stereocenters. The molecule has 0 saturated heterocycles. The Labute approximate surface area is 151 Å². The normalized spacial score (nSPS) is 11.4. The first-order valence-electron chi connectivity index (χ1n) is 7.84. The lowest BCUT2D eigenvalue weighted by molar-refractivity contribution is -0.109. The van der Waals surface area contributed by atoms with Crippen molar-refractivity contribution in [3.8, 4) is 5.75 Å². The predicted molar refractivity (Wildman–Crippen MR) is 98.8 cm³/mol. The van der Waals surface area contributed by atoms with Gasteiger partial charge in [0.25, 0.3) is 0 Å². The highest BCUT2D eigenvalue weighted by Crippen LogP contribution is 2.17. The maximum Gasteiger partial charge on any atom is 0.408 e. The number of carbonyl (C=O) groups is 2. The number of methoxy groups -OCH3 is 1. The summed E-state index contributed by atoms with van der Waals surface area (Å²) in [5, 5.41) is 2.57. The van der Waals surface area contributed by atoms with Crippen LogP contribution >= 0.6 is 11.8 Å². The zero-order chi connectivity index (χ0) is 17.9. The maximum atomic E-state index is 11.8. The molecular weight excluding hydrogens is 338 g/mol. The van der Waals surface area contributed by atoms with Crippen LogP contribution in [-0.4, -0.2) is 31.3 Å². The molecule has 2 rings (SSSR count). The van der Waals surface area contributed by atoms with Crippen LogP contribution in [-0.2, 0) is 21.9 Å². The number of thioether (sulfide) groups is 1. The summed E-state index contributed by atoms with van der Waals surface area (Å²) < 4.78 is 10.2. The monoisotopic (exact) mass is 359 g/mol. The molecule has 0 aliphatic rings. The second-order valence-electron chi connectivity index (χ2n) is 5.31. The van der Waals surface area contributed by atoms with Crippen molar-refractivity contribution in [3.63, 3.8) is 0 Å². The van der Waals surface area contributed by atoms with Gasteiger partial charge in [-0.05, 0) is 23.3 Å². The molecule has 0 aliphatic carbocycles. The fraction of sp³-hybridized carbons (Fsp3) is 0.263. The van der Waals surface area contributed by atoms with Gasteiger partial charge in [0, 0.05) is 11.5 Å². The van der Waals surface area contributed by atoms with Crippen LogP contribution in [0.25, 0.3) is 0 Å². The van der Waals surface area contributed by atoms with Crippen LogP contribution in [0.3, 0.4) is 0 Å². The van der Waals surface area contributed by atoms with Gasteiger partial charge in [-0.1, -0.05) is 42.5 Å². The predicted octanol–water partition coefficient (Wildman–Crippen LogP) is 3.42. The topological polar surface area (TPSA) is 64.6 Å². The van der Waals surface area contributed by atoms with Crippen LogP contribution < -0.4 is 10.1 Å². The van der Waals surface area contributed by atoms with Gasteiger partial charge in [0.05, 0.1) is 13.2 Å². The van der Waals surface area contributed by atoms with Crippen LogP contribution in [0.4, 0.5) is 4.79 Å². The maximum absolute atomic E-state index is 11.8. The first-order valence-corrected chi connectivity index (χ1v) is 9.00. The lowest BCUT2D eigenvalue weighted by Crippen LogP contribution is -2.38. The Morgan fingerprint density at radius 3 is 2.48 bits per heavy atom. The van der Waals surface area contributed by atoms with Crippen LogP contribution in [0.5, 0.6) is 5.75 Å². The van der Waals surface area contributed by atoms with Crippen molar-refractivity contribution in [3.05, 3.63) is 65.7 Å². The number of nitrogens with one attached hydrogen (secondary N) is 1. The third-order valence-electron chi connectivity index (χ3n) is 3.41. The number of aldehydes is 1. The van der Waals surface area contributed by atoms with Gasteiger partial charge in [-0.25, -0.2) is 4.79 Å². The van der Waals surface area contributed by atoms with E-state index in [0.29, 0.717) is 5.75 Å². The average molecular weight is 359 g/mol. The molecule has 0 saturated carbocycles. The molecule has 25 heavy (non-hydrogen) atoms. The second-order valence-corrected chi connectivity index (χ2v) is 6.34. The number of amides is 1. The Morgan fingerprint density at radius 2 is 1.84 bits per heavy atom. The first-order chi connectivity index (χ1) is 12.2. The largest absolute Gasteiger partial charge is 0.497 e. The van der Waals surface area contributed by atoms with Gasteiger partial charge in [0.2, 0.25) is 0 Å². The van der Waals surface area contributed by atoms with Crippen molar-refractivity contribution in [1.29, 1.82) is 0 Å². The summed E-state index contributed by atoms with van der Waals surface area (Å²) in [7, 11) is 1.63. The zero-order valence-electron chi connectivity index (χ0n) is 14.0. The van der Waals surface area contributed by atoms with Crippen molar-refractivity contribution in [1.82, 2.24) is 5.32 Å². The van der Waals surface area contributed by atoms with Crippen LogP contribution in [0.2, 0.25) is 0 Å². The molecule has 2 aromatic rings. The number of hydrogen-bond acceptors (Lipinski definition) is 5. The summed E-state index contributed by atoms with van der Waals surface area (Å²) in [5.41, 5.74) is 2.02. The molecule has 0 spiro atoms. The van der Waals surface area contributed by atoms with E-state index in [9.17, 15) is 9.59 Å².